The zero-order chi connectivity index (χ0) is 40.5. The number of guanidine groups is 1. The van der Waals surface area contributed by atoms with Crippen molar-refractivity contribution < 1.29 is 59.0 Å². The van der Waals surface area contributed by atoms with Crippen LogP contribution in [-0.4, -0.2) is 141 Å². The van der Waals surface area contributed by atoms with Crippen molar-refractivity contribution in [2.45, 2.75) is 113 Å². The molecule has 1 aromatic carbocycles. The number of hydrogen-bond donors (Lipinski definition) is 12. The van der Waals surface area contributed by atoms with Crippen molar-refractivity contribution in [3.63, 3.8) is 0 Å². The van der Waals surface area contributed by atoms with Crippen LogP contribution in [0.3, 0.4) is 0 Å². The van der Waals surface area contributed by atoms with E-state index in [9.17, 15) is 54.3 Å². The summed E-state index contributed by atoms with van der Waals surface area (Å²) in [5.41, 5.74) is 18.6. The maximum absolute atomic E-state index is 13.1. The summed E-state index contributed by atoms with van der Waals surface area (Å²) >= 11 is 0. The van der Waals surface area contributed by atoms with E-state index in [1.165, 1.54) is 0 Å². The molecule has 15 N–H and O–H groups in total. The number of carbonyl (C=O) groups excluding carboxylic acids is 5. The number of carbonyl (C=O) groups is 6. The number of Topliss-reactive ketones (excluding diaryl/α,β-unsaturated/α-hetero) is 1. The number of rotatable bonds is 22. The second-order valence-electron chi connectivity index (χ2n) is 13.2. The maximum atomic E-state index is 13.1. The smallest absolute Gasteiger partial charge is 0.305 e. The zero-order valence-corrected chi connectivity index (χ0v) is 30.3. The molecule has 20 nitrogen and oxygen atoms in total. The van der Waals surface area contributed by atoms with Crippen molar-refractivity contribution in [1.29, 1.82) is 0 Å². The molecule has 1 aliphatic heterocycles. The van der Waals surface area contributed by atoms with E-state index in [2.05, 4.69) is 26.3 Å². The summed E-state index contributed by atoms with van der Waals surface area (Å²) in [6.45, 7) is 1.40. The molecule has 2 rings (SSSR count). The van der Waals surface area contributed by atoms with Gasteiger partial charge in [0.15, 0.2) is 11.7 Å². The molecule has 1 fully saturated rings. The number of carboxylic acid groups (broad SMARTS) is 1. The van der Waals surface area contributed by atoms with Crippen LogP contribution in [0.25, 0.3) is 0 Å². The van der Waals surface area contributed by atoms with Gasteiger partial charge in [0.2, 0.25) is 23.6 Å². The minimum atomic E-state index is -1.64. The van der Waals surface area contributed by atoms with Gasteiger partial charge in [-0.15, -0.1) is 0 Å². The number of amides is 4. The zero-order valence-electron chi connectivity index (χ0n) is 30.3. The van der Waals surface area contributed by atoms with Gasteiger partial charge in [-0.05, 0) is 63.5 Å². The molecule has 1 heterocycles. The topological polar surface area (TPSA) is 351 Å². The number of aliphatic hydroxyl groups excluding tert-OH is 4. The third-order valence-electron chi connectivity index (χ3n) is 8.74. The Balaban J connectivity index is 1.97. The Morgan fingerprint density at radius 1 is 0.852 bits per heavy atom. The Morgan fingerprint density at radius 3 is 2.07 bits per heavy atom. The van der Waals surface area contributed by atoms with Crippen molar-refractivity contribution in [2.75, 3.05) is 19.7 Å². The predicted octanol–water partition coefficient (Wildman–Crippen LogP) is -4.57. The molecule has 302 valence electrons. The van der Waals surface area contributed by atoms with E-state index in [-0.39, 0.29) is 31.8 Å². The highest BCUT2D eigenvalue weighted by molar-refractivity contribution is 5.96. The third-order valence-corrected chi connectivity index (χ3v) is 8.74. The van der Waals surface area contributed by atoms with Gasteiger partial charge in [-0.25, -0.2) is 0 Å². The van der Waals surface area contributed by atoms with Gasteiger partial charge in [-0.3, -0.25) is 33.8 Å². The first kappa shape index (κ1) is 45.4. The molecule has 4 amide bonds. The normalized spacial score (nSPS) is 21.7. The molecule has 0 aliphatic carbocycles. The highest BCUT2D eigenvalue weighted by Gasteiger charge is 2.41. The van der Waals surface area contributed by atoms with Crippen LogP contribution >= 0.6 is 0 Å². The number of benzene rings is 1. The van der Waals surface area contributed by atoms with Gasteiger partial charge < -0.3 is 68.7 Å². The fourth-order valence-electron chi connectivity index (χ4n) is 5.59. The summed E-state index contributed by atoms with van der Waals surface area (Å²) in [6.07, 6.45) is -3.58. The summed E-state index contributed by atoms with van der Waals surface area (Å²) in [7, 11) is 0. The number of carboxylic acids is 1. The lowest BCUT2D eigenvalue weighted by Crippen LogP contribution is -2.56. The van der Waals surface area contributed by atoms with Crippen molar-refractivity contribution in [1.82, 2.24) is 21.3 Å². The molecule has 9 unspecified atom stereocenters. The van der Waals surface area contributed by atoms with Gasteiger partial charge in [0.05, 0.1) is 37.8 Å². The number of aliphatic hydroxyl groups is 4. The lowest BCUT2D eigenvalue weighted by Gasteiger charge is -2.39. The summed E-state index contributed by atoms with van der Waals surface area (Å²) in [4.78, 5) is 78.1. The number of aliphatic imine (C=N–C) groups is 1. The molecule has 0 aromatic heterocycles. The number of nitrogens with zero attached hydrogens (tertiary/aromatic N) is 1. The fourth-order valence-corrected chi connectivity index (χ4v) is 5.59. The Kier molecular flexibility index (Phi) is 18.9. The number of aliphatic carboxylic acids is 1. The third kappa shape index (κ3) is 15.3. The average Bonchev–Trinajstić information content (AvgIpc) is 3.11. The van der Waals surface area contributed by atoms with Gasteiger partial charge in [0.1, 0.15) is 36.4 Å². The predicted molar refractivity (Wildman–Crippen MR) is 192 cm³/mol. The molecule has 0 radical (unpaired) electrons. The number of nitrogens with two attached hydrogens (primary N) is 3. The first-order chi connectivity index (χ1) is 25.4. The highest BCUT2D eigenvalue weighted by Crippen LogP contribution is 2.24. The van der Waals surface area contributed by atoms with Gasteiger partial charge in [0.25, 0.3) is 0 Å². The second-order valence-corrected chi connectivity index (χ2v) is 13.2. The van der Waals surface area contributed by atoms with Crippen molar-refractivity contribution in [3.05, 3.63) is 35.4 Å². The fraction of sp³-hybridized carbons (Fsp3) is 0.618. The van der Waals surface area contributed by atoms with Crippen LogP contribution in [0.2, 0.25) is 0 Å². The summed E-state index contributed by atoms with van der Waals surface area (Å²) in [5, 5.41) is 57.9. The Bertz CT molecular complexity index is 1460. The van der Waals surface area contributed by atoms with Crippen LogP contribution in [0.5, 0.6) is 0 Å². The van der Waals surface area contributed by atoms with Crippen LogP contribution in [-0.2, 0) is 46.3 Å². The molecular formula is C34H54N8O12. The van der Waals surface area contributed by atoms with Crippen LogP contribution in [0.1, 0.15) is 57.1 Å². The van der Waals surface area contributed by atoms with Gasteiger partial charge in [-0.2, -0.15) is 0 Å². The van der Waals surface area contributed by atoms with Gasteiger partial charge in [0, 0.05) is 6.54 Å². The minimum absolute atomic E-state index is 0.0381. The number of aryl methyl sites for hydroxylation is 1. The van der Waals surface area contributed by atoms with Crippen molar-refractivity contribution in [3.8, 4) is 0 Å². The van der Waals surface area contributed by atoms with Crippen LogP contribution < -0.4 is 38.5 Å². The number of hydrogen-bond acceptors (Lipinski definition) is 13. The van der Waals surface area contributed by atoms with Gasteiger partial charge >= 0.3 is 5.97 Å². The monoisotopic (exact) mass is 766 g/mol. The highest BCUT2D eigenvalue weighted by atomic mass is 16.5. The largest absolute Gasteiger partial charge is 0.481 e. The average molecular weight is 767 g/mol. The molecule has 0 bridgehead atoms. The number of ketones is 1. The lowest BCUT2D eigenvalue weighted by atomic mass is 9.92. The Hall–Kier alpha value is -4.73. The lowest BCUT2D eigenvalue weighted by molar-refractivity contribution is -0.218. The van der Waals surface area contributed by atoms with E-state index in [4.69, 9.17) is 21.9 Å². The van der Waals surface area contributed by atoms with Crippen LogP contribution in [0.15, 0.2) is 29.3 Å². The molecule has 0 saturated carbocycles. The summed E-state index contributed by atoms with van der Waals surface area (Å²) in [5.74, 6) is -5.66. The van der Waals surface area contributed by atoms with E-state index >= 15 is 0 Å². The molecule has 9 atom stereocenters. The first-order valence-corrected chi connectivity index (χ1v) is 17.5. The van der Waals surface area contributed by atoms with E-state index in [0.717, 1.165) is 18.1 Å². The molecule has 1 aromatic rings. The van der Waals surface area contributed by atoms with E-state index < -0.39 is 110 Å². The molecule has 1 saturated heterocycles. The number of nitrogens with one attached hydrogen (secondary N) is 4. The SMILES string of the molecule is CC(=O)C(CO)NC(=O)C(CC(=O)O)NC(=O)CNC(=O)C(CCCN=C(N)N)NC(=O)C(N)Cc1ccc(CCCC2OC(C)C(O)C(O)C2O)cc1. The Morgan fingerprint density at radius 2 is 1.48 bits per heavy atom. The Labute approximate surface area is 312 Å². The molecule has 54 heavy (non-hydrogen) atoms. The van der Waals surface area contributed by atoms with Crippen LogP contribution in [0.4, 0.5) is 0 Å². The molecule has 20 heteroatoms. The van der Waals surface area contributed by atoms with Crippen LogP contribution in [0, 0.1) is 0 Å². The minimum Gasteiger partial charge on any atom is -0.481 e. The second kappa shape index (κ2) is 22.5. The van der Waals surface area contributed by atoms with Crippen molar-refractivity contribution in [2.24, 2.45) is 22.2 Å². The first-order valence-electron chi connectivity index (χ1n) is 17.5. The summed E-state index contributed by atoms with van der Waals surface area (Å²) in [6, 6.07) is 2.12. The maximum Gasteiger partial charge on any atom is 0.305 e. The number of ether oxygens (including phenoxy) is 1. The summed E-state index contributed by atoms with van der Waals surface area (Å²) < 4.78 is 5.64. The molecule has 0 spiro atoms. The van der Waals surface area contributed by atoms with Gasteiger partial charge in [-0.1, -0.05) is 24.3 Å². The van der Waals surface area contributed by atoms with Crippen molar-refractivity contribution >= 4 is 41.3 Å². The molecular weight excluding hydrogens is 712 g/mol. The standard InChI is InChI=1S/C34H54N8O12/c1-17(44)24(16-43)42-33(53)23(14-27(46)47)40-26(45)15-39-32(52)22(6-4-12-38-34(36)37)41-31(51)21(35)13-20-10-8-19(9-11-20)5-3-7-25-29(49)30(50)28(48)18(2)54-25/h8-11,18,21-25,28-30,43,48-50H,3-7,12-16,35H2,1-2H3,(H,39,52)(H,40,45)(H,41,51)(H,42,53)(H,46,47)(H4,36,37,38). The quantitative estimate of drug-likeness (QED) is 0.0300. The van der Waals surface area contributed by atoms with E-state index in [0.29, 0.717) is 19.3 Å². The molecule has 1 aliphatic rings. The van der Waals surface area contributed by atoms with E-state index in [1.54, 1.807) is 19.1 Å². The van der Waals surface area contributed by atoms with E-state index in [1.807, 2.05) is 12.1 Å².